The van der Waals surface area contributed by atoms with Crippen molar-refractivity contribution in [3.05, 3.63) is 47.7 Å². The van der Waals surface area contributed by atoms with Gasteiger partial charge in [-0.2, -0.15) is 5.10 Å². The van der Waals surface area contributed by atoms with E-state index in [4.69, 9.17) is 0 Å². The fraction of sp³-hybridized carbons (Fsp3) is 0.474. The van der Waals surface area contributed by atoms with Gasteiger partial charge in [0.25, 0.3) is 0 Å². The highest BCUT2D eigenvalue weighted by Gasteiger charge is 2.24. The number of piperidine rings is 1. The molecule has 134 valence electrons. The topological polar surface area (TPSA) is 44.3 Å². The van der Waals surface area contributed by atoms with Crippen molar-refractivity contribution < 1.29 is 0 Å². The van der Waals surface area contributed by atoms with Crippen LogP contribution >= 0.6 is 12.4 Å². The van der Waals surface area contributed by atoms with Gasteiger partial charge in [0.05, 0.1) is 0 Å². The zero-order valence-electron chi connectivity index (χ0n) is 14.7. The summed E-state index contributed by atoms with van der Waals surface area (Å²) in [6.07, 6.45) is 5.24. The van der Waals surface area contributed by atoms with E-state index in [9.17, 15) is 0 Å². The van der Waals surface area contributed by atoms with Crippen molar-refractivity contribution in [2.24, 2.45) is 0 Å². The van der Waals surface area contributed by atoms with Gasteiger partial charge in [-0.3, -0.25) is 4.90 Å². The lowest BCUT2D eigenvalue weighted by Gasteiger charge is -2.37. The third-order valence-corrected chi connectivity index (χ3v) is 5.32. The van der Waals surface area contributed by atoms with Gasteiger partial charge in [-0.15, -0.1) is 17.5 Å². The minimum absolute atomic E-state index is 0. The minimum Gasteiger partial charge on any atom is -0.384 e. The number of halogens is 1. The summed E-state index contributed by atoms with van der Waals surface area (Å²) < 4.78 is 0. The molecule has 1 fully saturated rings. The van der Waals surface area contributed by atoms with Crippen molar-refractivity contribution in [1.29, 1.82) is 0 Å². The molecule has 0 saturated carbocycles. The first kappa shape index (κ1) is 18.0. The smallest absolute Gasteiger partial charge is 0.151 e. The predicted octanol–water partition coefficient (Wildman–Crippen LogP) is 2.97. The summed E-state index contributed by atoms with van der Waals surface area (Å²) in [5.74, 6) is 1.00. The Balaban J connectivity index is 0.00000182. The first-order valence-electron chi connectivity index (χ1n) is 8.89. The molecule has 0 unspecified atom stereocenters. The fourth-order valence-corrected chi connectivity index (χ4v) is 3.94. The molecular formula is C19H26ClN5. The molecule has 6 heteroatoms. The minimum atomic E-state index is 0. The number of hydrogen-bond acceptors (Lipinski definition) is 5. The van der Waals surface area contributed by atoms with Gasteiger partial charge in [-0.05, 0) is 49.6 Å². The molecule has 0 radical (unpaired) electrons. The molecule has 1 saturated heterocycles. The second-order valence-corrected chi connectivity index (χ2v) is 6.84. The Kier molecular flexibility index (Phi) is 5.76. The van der Waals surface area contributed by atoms with Gasteiger partial charge < -0.3 is 10.2 Å². The number of nitrogens with zero attached hydrogens (tertiary/aromatic N) is 4. The van der Waals surface area contributed by atoms with E-state index in [1.807, 2.05) is 6.07 Å². The highest BCUT2D eigenvalue weighted by Crippen LogP contribution is 2.28. The molecule has 1 N–H and O–H groups in total. The van der Waals surface area contributed by atoms with Crippen LogP contribution in [0.4, 0.5) is 11.5 Å². The largest absolute Gasteiger partial charge is 0.384 e. The molecule has 2 aliphatic rings. The molecule has 0 bridgehead atoms. The van der Waals surface area contributed by atoms with Gasteiger partial charge in [-0.25, -0.2) is 0 Å². The van der Waals surface area contributed by atoms with Crippen LogP contribution in [-0.4, -0.2) is 47.8 Å². The average Bonchev–Trinajstić information content (AvgIpc) is 3.12. The molecular weight excluding hydrogens is 334 g/mol. The maximum Gasteiger partial charge on any atom is 0.151 e. The lowest BCUT2D eigenvalue weighted by Crippen LogP contribution is -2.43. The van der Waals surface area contributed by atoms with Crippen LogP contribution in [0.15, 0.2) is 36.5 Å². The Bertz CT molecular complexity index is 685. The third-order valence-electron chi connectivity index (χ3n) is 5.32. The van der Waals surface area contributed by atoms with Crippen LogP contribution in [0.2, 0.25) is 0 Å². The Hall–Kier alpha value is -1.85. The molecule has 3 heterocycles. The van der Waals surface area contributed by atoms with Gasteiger partial charge in [0.1, 0.15) is 0 Å². The van der Waals surface area contributed by atoms with E-state index < -0.39 is 0 Å². The molecule has 1 aromatic heterocycles. The van der Waals surface area contributed by atoms with Crippen LogP contribution in [0.3, 0.4) is 0 Å². The second kappa shape index (κ2) is 8.02. The zero-order valence-corrected chi connectivity index (χ0v) is 15.5. The number of anilines is 2. The van der Waals surface area contributed by atoms with Crippen LogP contribution in [0, 0.1) is 0 Å². The summed E-state index contributed by atoms with van der Waals surface area (Å²) in [4.78, 5) is 4.86. The lowest BCUT2D eigenvalue weighted by molar-refractivity contribution is 0.200. The van der Waals surface area contributed by atoms with E-state index in [1.165, 1.54) is 29.7 Å². The number of aromatic nitrogens is 2. The summed E-state index contributed by atoms with van der Waals surface area (Å²) in [7, 11) is 2.26. The van der Waals surface area contributed by atoms with E-state index in [-0.39, 0.29) is 12.4 Å². The summed E-state index contributed by atoms with van der Waals surface area (Å²) in [5, 5.41) is 11.8. The van der Waals surface area contributed by atoms with Crippen molar-refractivity contribution in [2.45, 2.75) is 31.8 Å². The van der Waals surface area contributed by atoms with E-state index in [0.717, 1.165) is 38.4 Å². The number of para-hydroxylation sites is 1. The Morgan fingerprint density at radius 1 is 1.20 bits per heavy atom. The van der Waals surface area contributed by atoms with Gasteiger partial charge >= 0.3 is 0 Å². The van der Waals surface area contributed by atoms with E-state index in [1.54, 1.807) is 6.20 Å². The summed E-state index contributed by atoms with van der Waals surface area (Å²) in [6, 6.07) is 11.4. The SMILES string of the molecule is CN(Cc1cccc2c1NCC2)C1CCN(c2cccnn2)CC1.Cl. The van der Waals surface area contributed by atoms with Crippen molar-refractivity contribution in [1.82, 2.24) is 15.1 Å². The first-order chi connectivity index (χ1) is 11.8. The highest BCUT2D eigenvalue weighted by atomic mass is 35.5. The highest BCUT2D eigenvalue weighted by molar-refractivity contribution is 5.85. The van der Waals surface area contributed by atoms with Crippen molar-refractivity contribution in [3.63, 3.8) is 0 Å². The number of nitrogens with one attached hydrogen (secondary N) is 1. The van der Waals surface area contributed by atoms with E-state index >= 15 is 0 Å². The predicted molar refractivity (Wildman–Crippen MR) is 105 cm³/mol. The number of fused-ring (bicyclic) bond motifs is 1. The third kappa shape index (κ3) is 3.88. The molecule has 1 aromatic carbocycles. The lowest BCUT2D eigenvalue weighted by atomic mass is 10.0. The van der Waals surface area contributed by atoms with Gasteiger partial charge in [-0.1, -0.05) is 18.2 Å². The molecule has 0 amide bonds. The molecule has 0 atom stereocenters. The molecule has 2 aromatic rings. The maximum absolute atomic E-state index is 4.23. The summed E-state index contributed by atoms with van der Waals surface area (Å²) in [5.41, 5.74) is 4.28. The molecule has 2 aliphatic heterocycles. The van der Waals surface area contributed by atoms with Crippen LogP contribution in [0.25, 0.3) is 0 Å². The first-order valence-corrected chi connectivity index (χ1v) is 8.89. The number of hydrogen-bond donors (Lipinski definition) is 1. The monoisotopic (exact) mass is 359 g/mol. The summed E-state index contributed by atoms with van der Waals surface area (Å²) >= 11 is 0. The van der Waals surface area contributed by atoms with Crippen molar-refractivity contribution in [2.75, 3.05) is 36.9 Å². The van der Waals surface area contributed by atoms with Gasteiger partial charge in [0.2, 0.25) is 0 Å². The molecule has 0 aliphatic carbocycles. The second-order valence-electron chi connectivity index (χ2n) is 6.84. The van der Waals surface area contributed by atoms with E-state index in [0.29, 0.717) is 6.04 Å². The normalized spacial score (nSPS) is 17.1. The van der Waals surface area contributed by atoms with Crippen LogP contribution in [-0.2, 0) is 13.0 Å². The van der Waals surface area contributed by atoms with Crippen molar-refractivity contribution in [3.8, 4) is 0 Å². The quantitative estimate of drug-likeness (QED) is 0.909. The van der Waals surface area contributed by atoms with Gasteiger partial charge in [0.15, 0.2) is 5.82 Å². The fourth-order valence-electron chi connectivity index (χ4n) is 3.94. The maximum atomic E-state index is 4.23. The Morgan fingerprint density at radius 2 is 2.04 bits per heavy atom. The number of benzene rings is 1. The standard InChI is InChI=1S/C19H25N5.ClH/c1-23(14-16-5-2-4-15-7-11-20-19(15)16)17-8-12-24(13-9-17)18-6-3-10-21-22-18;/h2-6,10,17,20H,7-9,11-14H2,1H3;1H. The molecule has 25 heavy (non-hydrogen) atoms. The Labute approximate surface area is 155 Å². The van der Waals surface area contributed by atoms with Crippen molar-refractivity contribution >= 4 is 23.9 Å². The van der Waals surface area contributed by atoms with E-state index in [2.05, 4.69) is 56.6 Å². The Morgan fingerprint density at radius 3 is 2.80 bits per heavy atom. The summed E-state index contributed by atoms with van der Waals surface area (Å²) in [6.45, 7) is 4.20. The molecule has 0 spiro atoms. The van der Waals surface area contributed by atoms with Crippen LogP contribution in [0.1, 0.15) is 24.0 Å². The molecule has 4 rings (SSSR count). The molecule has 5 nitrogen and oxygen atoms in total. The number of rotatable bonds is 4. The van der Waals surface area contributed by atoms with Crippen LogP contribution < -0.4 is 10.2 Å². The average molecular weight is 360 g/mol. The van der Waals surface area contributed by atoms with Gasteiger partial charge in [0, 0.05) is 44.1 Å². The van der Waals surface area contributed by atoms with Crippen LogP contribution in [0.5, 0.6) is 0 Å². The zero-order chi connectivity index (χ0) is 16.4.